The molecule has 0 N–H and O–H groups in total. The van der Waals surface area contributed by atoms with E-state index >= 15 is 0 Å². The van der Waals surface area contributed by atoms with E-state index in [9.17, 15) is 9.59 Å². The largest absolute Gasteiger partial charge is 0.333 e. The van der Waals surface area contributed by atoms with E-state index in [0.29, 0.717) is 26.2 Å². The SMILES string of the molecule is CC(=O)C(=O)N1CC[N]CC1. The first kappa shape index (κ1) is 8.20. The molecule has 1 amide bonds. The van der Waals surface area contributed by atoms with Gasteiger partial charge < -0.3 is 4.90 Å². The minimum Gasteiger partial charge on any atom is -0.333 e. The third kappa shape index (κ3) is 2.01. The zero-order valence-corrected chi connectivity index (χ0v) is 6.54. The quantitative estimate of drug-likeness (QED) is 0.457. The molecule has 0 atom stereocenters. The van der Waals surface area contributed by atoms with Crippen molar-refractivity contribution in [3.63, 3.8) is 0 Å². The molecule has 1 fully saturated rings. The molecule has 0 aromatic heterocycles. The first-order valence-corrected chi connectivity index (χ1v) is 3.65. The zero-order chi connectivity index (χ0) is 8.27. The predicted molar refractivity (Wildman–Crippen MR) is 39.1 cm³/mol. The molecule has 0 aromatic carbocycles. The highest BCUT2D eigenvalue weighted by molar-refractivity contribution is 6.35. The van der Waals surface area contributed by atoms with E-state index in [0.717, 1.165) is 0 Å². The summed E-state index contributed by atoms with van der Waals surface area (Å²) < 4.78 is 0. The Morgan fingerprint density at radius 1 is 1.27 bits per heavy atom. The molecule has 11 heavy (non-hydrogen) atoms. The normalized spacial score (nSPS) is 18.1. The number of ketones is 1. The van der Waals surface area contributed by atoms with Crippen molar-refractivity contribution in [1.29, 1.82) is 0 Å². The molecule has 0 unspecified atom stereocenters. The van der Waals surface area contributed by atoms with Crippen LogP contribution in [0.2, 0.25) is 0 Å². The Labute approximate surface area is 65.6 Å². The van der Waals surface area contributed by atoms with Crippen molar-refractivity contribution >= 4 is 11.7 Å². The summed E-state index contributed by atoms with van der Waals surface area (Å²) in [5, 5.41) is 4.06. The topological polar surface area (TPSA) is 51.5 Å². The minimum atomic E-state index is -0.383. The summed E-state index contributed by atoms with van der Waals surface area (Å²) in [5.74, 6) is -0.758. The Morgan fingerprint density at radius 2 is 1.82 bits per heavy atom. The van der Waals surface area contributed by atoms with Gasteiger partial charge >= 0.3 is 0 Å². The van der Waals surface area contributed by atoms with Gasteiger partial charge in [-0.3, -0.25) is 9.59 Å². The maximum absolute atomic E-state index is 11.0. The first-order valence-electron chi connectivity index (χ1n) is 3.65. The van der Waals surface area contributed by atoms with E-state index in [1.54, 1.807) is 4.90 Å². The average Bonchev–Trinajstić information content (AvgIpc) is 2.05. The number of Topliss-reactive ketones (excluding diaryl/α,β-unsaturated/α-hetero) is 1. The second-order valence-corrected chi connectivity index (χ2v) is 2.52. The van der Waals surface area contributed by atoms with Gasteiger partial charge in [-0.05, 0) is 0 Å². The second kappa shape index (κ2) is 3.48. The first-order chi connectivity index (χ1) is 5.22. The van der Waals surface area contributed by atoms with Crippen LogP contribution < -0.4 is 5.32 Å². The number of hydrogen-bond donors (Lipinski definition) is 0. The number of piperazine rings is 1. The molecule has 1 aliphatic rings. The number of nitrogens with zero attached hydrogens (tertiary/aromatic N) is 2. The van der Waals surface area contributed by atoms with Gasteiger partial charge in [-0.1, -0.05) is 0 Å². The second-order valence-electron chi connectivity index (χ2n) is 2.52. The van der Waals surface area contributed by atoms with Crippen molar-refractivity contribution in [2.45, 2.75) is 6.92 Å². The van der Waals surface area contributed by atoms with Crippen LogP contribution in [0, 0.1) is 0 Å². The number of rotatable bonds is 1. The summed E-state index contributed by atoms with van der Waals surface area (Å²) in [6.07, 6.45) is 0. The standard InChI is InChI=1S/C7H11N2O2/c1-6(10)7(11)9-4-2-8-3-5-9/h2-5H2,1H3. The van der Waals surface area contributed by atoms with Crippen molar-refractivity contribution in [2.24, 2.45) is 0 Å². The van der Waals surface area contributed by atoms with E-state index in [1.165, 1.54) is 6.92 Å². The molecule has 1 saturated heterocycles. The smallest absolute Gasteiger partial charge is 0.289 e. The highest BCUT2D eigenvalue weighted by Crippen LogP contribution is 1.94. The van der Waals surface area contributed by atoms with Crippen LogP contribution in [0.5, 0.6) is 0 Å². The van der Waals surface area contributed by atoms with Crippen LogP contribution in [0.3, 0.4) is 0 Å². The van der Waals surface area contributed by atoms with E-state index in [1.807, 2.05) is 0 Å². The summed E-state index contributed by atoms with van der Waals surface area (Å²) in [6.45, 7) is 3.82. The summed E-state index contributed by atoms with van der Waals surface area (Å²) in [4.78, 5) is 23.2. The van der Waals surface area contributed by atoms with Crippen LogP contribution in [-0.4, -0.2) is 42.8 Å². The summed E-state index contributed by atoms with van der Waals surface area (Å²) in [7, 11) is 0. The van der Waals surface area contributed by atoms with Gasteiger partial charge in [-0.2, -0.15) is 0 Å². The third-order valence-electron chi connectivity index (χ3n) is 1.64. The monoisotopic (exact) mass is 155 g/mol. The lowest BCUT2D eigenvalue weighted by Crippen LogP contribution is -2.45. The van der Waals surface area contributed by atoms with Crippen molar-refractivity contribution < 1.29 is 9.59 Å². The Kier molecular flexibility index (Phi) is 2.59. The molecule has 4 nitrogen and oxygen atoms in total. The molecule has 1 heterocycles. The van der Waals surface area contributed by atoms with E-state index in [-0.39, 0.29) is 11.7 Å². The molecule has 1 rings (SSSR count). The van der Waals surface area contributed by atoms with Crippen molar-refractivity contribution in [1.82, 2.24) is 10.2 Å². The minimum absolute atomic E-state index is 0.375. The van der Waals surface area contributed by atoms with E-state index < -0.39 is 0 Å². The molecule has 0 bridgehead atoms. The molecule has 0 aromatic rings. The molecule has 1 radical (unpaired) electrons. The van der Waals surface area contributed by atoms with Gasteiger partial charge in [0.2, 0.25) is 5.78 Å². The lowest BCUT2D eigenvalue weighted by molar-refractivity contribution is -0.143. The lowest BCUT2D eigenvalue weighted by Gasteiger charge is -2.25. The van der Waals surface area contributed by atoms with Crippen LogP contribution in [-0.2, 0) is 9.59 Å². The third-order valence-corrected chi connectivity index (χ3v) is 1.64. The number of amides is 1. The van der Waals surface area contributed by atoms with Crippen molar-refractivity contribution in [3.05, 3.63) is 0 Å². The predicted octanol–water partition coefficient (Wildman–Crippen LogP) is -0.978. The average molecular weight is 155 g/mol. The van der Waals surface area contributed by atoms with E-state index in [4.69, 9.17) is 0 Å². The highest BCUT2D eigenvalue weighted by atomic mass is 16.2. The van der Waals surface area contributed by atoms with Crippen molar-refractivity contribution in [2.75, 3.05) is 26.2 Å². The molecule has 0 spiro atoms. The van der Waals surface area contributed by atoms with Gasteiger partial charge in [0.25, 0.3) is 5.91 Å². The summed E-state index contributed by atoms with van der Waals surface area (Å²) >= 11 is 0. The molecule has 4 heteroatoms. The molecular formula is C7H11N2O2. The molecule has 0 saturated carbocycles. The Morgan fingerprint density at radius 3 is 2.27 bits per heavy atom. The van der Waals surface area contributed by atoms with Gasteiger partial charge in [0.05, 0.1) is 0 Å². The van der Waals surface area contributed by atoms with Gasteiger partial charge in [0.1, 0.15) is 0 Å². The summed E-state index contributed by atoms with van der Waals surface area (Å²) in [5.41, 5.74) is 0. The van der Waals surface area contributed by atoms with Gasteiger partial charge in [0.15, 0.2) is 0 Å². The number of hydrogen-bond acceptors (Lipinski definition) is 2. The number of carbonyl (C=O) groups is 2. The van der Waals surface area contributed by atoms with Crippen molar-refractivity contribution in [3.8, 4) is 0 Å². The zero-order valence-electron chi connectivity index (χ0n) is 6.54. The lowest BCUT2D eigenvalue weighted by atomic mass is 10.3. The molecule has 0 aliphatic carbocycles. The number of carbonyl (C=O) groups excluding carboxylic acids is 2. The van der Waals surface area contributed by atoms with Gasteiger partial charge in [-0.25, -0.2) is 5.32 Å². The molecule has 1 aliphatic heterocycles. The van der Waals surface area contributed by atoms with Crippen LogP contribution in [0.4, 0.5) is 0 Å². The maximum Gasteiger partial charge on any atom is 0.289 e. The van der Waals surface area contributed by atoms with Crippen LogP contribution in [0.25, 0.3) is 0 Å². The molecule has 61 valence electrons. The fraction of sp³-hybridized carbons (Fsp3) is 0.714. The van der Waals surface area contributed by atoms with Gasteiger partial charge in [-0.15, -0.1) is 0 Å². The Hall–Kier alpha value is -0.900. The van der Waals surface area contributed by atoms with Crippen LogP contribution in [0.1, 0.15) is 6.92 Å². The van der Waals surface area contributed by atoms with Gasteiger partial charge in [0, 0.05) is 33.1 Å². The Bertz CT molecular complexity index is 173. The Balaban J connectivity index is 2.45. The molecular weight excluding hydrogens is 144 g/mol. The maximum atomic E-state index is 11.0. The summed E-state index contributed by atoms with van der Waals surface area (Å²) in [6, 6.07) is 0. The van der Waals surface area contributed by atoms with Crippen LogP contribution >= 0.6 is 0 Å². The van der Waals surface area contributed by atoms with Crippen LogP contribution in [0.15, 0.2) is 0 Å². The van der Waals surface area contributed by atoms with E-state index in [2.05, 4.69) is 5.32 Å². The fourth-order valence-electron chi connectivity index (χ4n) is 1.03. The highest BCUT2D eigenvalue weighted by Gasteiger charge is 2.19. The fourth-order valence-corrected chi connectivity index (χ4v) is 1.03.